The highest BCUT2D eigenvalue weighted by atomic mass is 15.3. The van der Waals surface area contributed by atoms with Crippen LogP contribution in [0.4, 0.5) is 0 Å². The van der Waals surface area contributed by atoms with Gasteiger partial charge >= 0.3 is 0 Å². The van der Waals surface area contributed by atoms with Gasteiger partial charge in [-0.05, 0) is 50.2 Å². The van der Waals surface area contributed by atoms with Gasteiger partial charge in [0, 0.05) is 13.2 Å². The monoisotopic (exact) mass is 355 g/mol. The van der Waals surface area contributed by atoms with Crippen molar-refractivity contribution in [1.82, 2.24) is 25.1 Å². The molecule has 0 saturated heterocycles. The number of rotatable bonds is 9. The summed E-state index contributed by atoms with van der Waals surface area (Å²) in [5, 5.41) is 8.25. The van der Waals surface area contributed by atoms with Gasteiger partial charge in [-0.1, -0.05) is 33.1 Å². The zero-order valence-electron chi connectivity index (χ0n) is 16.7. The lowest BCUT2D eigenvalue weighted by molar-refractivity contribution is 0.447. The van der Waals surface area contributed by atoms with E-state index in [9.17, 15) is 0 Å². The van der Waals surface area contributed by atoms with E-state index in [0.29, 0.717) is 0 Å². The van der Waals surface area contributed by atoms with Crippen molar-refractivity contribution in [1.29, 1.82) is 0 Å². The molecular weight excluding hydrogens is 322 g/mol. The average molecular weight is 356 g/mol. The first-order valence-corrected chi connectivity index (χ1v) is 10.1. The zero-order valence-corrected chi connectivity index (χ0v) is 16.7. The maximum atomic E-state index is 4.43. The van der Waals surface area contributed by atoms with Crippen LogP contribution in [0, 0.1) is 12.8 Å². The van der Waals surface area contributed by atoms with Crippen molar-refractivity contribution in [2.24, 2.45) is 13.0 Å². The van der Waals surface area contributed by atoms with Gasteiger partial charge < -0.3 is 10.3 Å². The van der Waals surface area contributed by atoms with Crippen LogP contribution in [0.15, 0.2) is 24.0 Å². The van der Waals surface area contributed by atoms with E-state index in [1.54, 1.807) is 0 Å². The standard InChI is InChI=1S/C21H33N5/c1-5-15(2)8-6-11-18(19-14-22-16(3)24-19)25-21(17-9-7-10-17)20-12-13-23-26(20)4/h12-15,18,25H,5-11H2,1-4H3,(H,22,24). The molecule has 2 atom stereocenters. The van der Waals surface area contributed by atoms with Crippen LogP contribution in [0.2, 0.25) is 0 Å². The predicted molar refractivity (Wildman–Crippen MR) is 106 cm³/mol. The van der Waals surface area contributed by atoms with E-state index in [1.165, 1.54) is 61.2 Å². The van der Waals surface area contributed by atoms with E-state index in [4.69, 9.17) is 0 Å². The number of H-pyrrole nitrogens is 1. The Balaban J connectivity index is 1.80. The summed E-state index contributed by atoms with van der Waals surface area (Å²) >= 11 is 0. The SMILES string of the molecule is CCC(C)CCCC(NC(=C1CCC1)c1ccnn1C)c1cnc(C)[nH]1. The molecule has 0 aliphatic heterocycles. The molecule has 142 valence electrons. The average Bonchev–Trinajstić information content (AvgIpc) is 3.19. The molecule has 0 aromatic carbocycles. The van der Waals surface area contributed by atoms with Crippen molar-refractivity contribution < 1.29 is 0 Å². The number of aryl methyl sites for hydroxylation is 2. The van der Waals surface area contributed by atoms with Crippen molar-refractivity contribution in [2.45, 2.75) is 71.8 Å². The third kappa shape index (κ3) is 4.37. The van der Waals surface area contributed by atoms with Crippen molar-refractivity contribution >= 4 is 5.70 Å². The highest BCUT2D eigenvalue weighted by Crippen LogP contribution is 2.34. The molecule has 5 heteroatoms. The minimum absolute atomic E-state index is 0.262. The first-order valence-electron chi connectivity index (χ1n) is 10.1. The third-order valence-electron chi connectivity index (χ3n) is 5.69. The van der Waals surface area contributed by atoms with Crippen LogP contribution >= 0.6 is 0 Å². The Hall–Kier alpha value is -2.04. The van der Waals surface area contributed by atoms with E-state index in [2.05, 4.69) is 40.3 Å². The molecule has 2 N–H and O–H groups in total. The number of allylic oxidation sites excluding steroid dienone is 1. The summed E-state index contributed by atoms with van der Waals surface area (Å²) < 4.78 is 1.97. The number of nitrogens with zero attached hydrogens (tertiary/aromatic N) is 3. The van der Waals surface area contributed by atoms with Gasteiger partial charge in [-0.2, -0.15) is 5.10 Å². The van der Waals surface area contributed by atoms with Gasteiger partial charge in [0.05, 0.1) is 29.3 Å². The number of hydrogen-bond acceptors (Lipinski definition) is 3. The molecule has 0 bridgehead atoms. The van der Waals surface area contributed by atoms with Crippen LogP contribution in [-0.2, 0) is 7.05 Å². The van der Waals surface area contributed by atoms with Gasteiger partial charge in [-0.25, -0.2) is 4.98 Å². The van der Waals surface area contributed by atoms with E-state index in [0.717, 1.165) is 18.2 Å². The van der Waals surface area contributed by atoms with Crippen LogP contribution in [0.5, 0.6) is 0 Å². The van der Waals surface area contributed by atoms with E-state index in [-0.39, 0.29) is 6.04 Å². The number of hydrogen-bond donors (Lipinski definition) is 2. The molecule has 3 rings (SSSR count). The second-order valence-electron chi connectivity index (χ2n) is 7.74. The molecule has 0 amide bonds. The van der Waals surface area contributed by atoms with Gasteiger partial charge in [0.25, 0.3) is 0 Å². The lowest BCUT2D eigenvalue weighted by Crippen LogP contribution is -2.24. The molecule has 1 aliphatic carbocycles. The molecule has 2 unspecified atom stereocenters. The normalized spacial score (nSPS) is 16.2. The Morgan fingerprint density at radius 1 is 1.35 bits per heavy atom. The molecule has 1 saturated carbocycles. The molecule has 2 aromatic rings. The van der Waals surface area contributed by atoms with Crippen LogP contribution in [-0.4, -0.2) is 19.7 Å². The molecule has 5 nitrogen and oxygen atoms in total. The summed E-state index contributed by atoms with van der Waals surface area (Å²) in [6.07, 6.45) is 12.4. The van der Waals surface area contributed by atoms with Crippen LogP contribution in [0.25, 0.3) is 5.70 Å². The Kier molecular flexibility index (Phi) is 6.17. The van der Waals surface area contributed by atoms with Gasteiger partial charge in [-0.15, -0.1) is 0 Å². The third-order valence-corrected chi connectivity index (χ3v) is 5.69. The molecule has 2 aromatic heterocycles. The zero-order chi connectivity index (χ0) is 18.5. The summed E-state index contributed by atoms with van der Waals surface area (Å²) in [4.78, 5) is 7.88. The van der Waals surface area contributed by atoms with Crippen molar-refractivity contribution in [3.63, 3.8) is 0 Å². The Bertz CT molecular complexity index is 733. The largest absolute Gasteiger partial charge is 0.375 e. The summed E-state index contributed by atoms with van der Waals surface area (Å²) in [5.41, 5.74) is 5.17. The van der Waals surface area contributed by atoms with Crippen molar-refractivity contribution in [3.05, 3.63) is 41.2 Å². The number of aromatic nitrogens is 4. The van der Waals surface area contributed by atoms with E-state index < -0.39 is 0 Å². The summed E-state index contributed by atoms with van der Waals surface area (Å²) in [7, 11) is 2.02. The first-order chi connectivity index (χ1) is 12.6. The molecule has 26 heavy (non-hydrogen) atoms. The number of nitrogens with one attached hydrogen (secondary N) is 2. The highest BCUT2D eigenvalue weighted by Gasteiger charge is 2.22. The Morgan fingerprint density at radius 3 is 2.69 bits per heavy atom. The maximum absolute atomic E-state index is 4.43. The second kappa shape index (κ2) is 8.56. The van der Waals surface area contributed by atoms with Crippen LogP contribution < -0.4 is 5.32 Å². The summed E-state index contributed by atoms with van der Waals surface area (Å²) in [6, 6.07) is 2.38. The maximum Gasteiger partial charge on any atom is 0.103 e. The fourth-order valence-electron chi connectivity index (χ4n) is 3.55. The molecule has 1 fully saturated rings. The number of aromatic amines is 1. The topological polar surface area (TPSA) is 58.5 Å². The summed E-state index contributed by atoms with van der Waals surface area (Å²) in [6.45, 7) is 6.65. The lowest BCUT2D eigenvalue weighted by Gasteiger charge is -2.27. The minimum atomic E-state index is 0.262. The van der Waals surface area contributed by atoms with Crippen LogP contribution in [0.3, 0.4) is 0 Å². The molecule has 2 heterocycles. The van der Waals surface area contributed by atoms with Gasteiger partial charge in [0.2, 0.25) is 0 Å². The lowest BCUT2D eigenvalue weighted by atomic mass is 9.89. The fourth-order valence-corrected chi connectivity index (χ4v) is 3.55. The fraction of sp³-hybridized carbons (Fsp3) is 0.619. The molecule has 0 radical (unpaired) electrons. The Labute approximate surface area is 157 Å². The van der Waals surface area contributed by atoms with Crippen LogP contribution in [0.1, 0.15) is 82.0 Å². The number of imidazole rings is 1. The minimum Gasteiger partial charge on any atom is -0.375 e. The second-order valence-corrected chi connectivity index (χ2v) is 7.74. The van der Waals surface area contributed by atoms with Gasteiger partial charge in [0.15, 0.2) is 0 Å². The van der Waals surface area contributed by atoms with E-state index >= 15 is 0 Å². The molecule has 1 aliphatic rings. The quantitative estimate of drug-likeness (QED) is 0.673. The van der Waals surface area contributed by atoms with Gasteiger partial charge in [0.1, 0.15) is 5.82 Å². The Morgan fingerprint density at radius 2 is 2.15 bits per heavy atom. The molecular formula is C21H33N5. The molecule has 0 spiro atoms. The first kappa shape index (κ1) is 18.7. The van der Waals surface area contributed by atoms with Crippen molar-refractivity contribution in [3.8, 4) is 0 Å². The van der Waals surface area contributed by atoms with E-state index in [1.807, 2.05) is 31.0 Å². The predicted octanol–water partition coefficient (Wildman–Crippen LogP) is 4.89. The smallest absolute Gasteiger partial charge is 0.103 e. The highest BCUT2D eigenvalue weighted by molar-refractivity contribution is 5.66. The van der Waals surface area contributed by atoms with Crippen molar-refractivity contribution in [2.75, 3.05) is 0 Å². The van der Waals surface area contributed by atoms with Gasteiger partial charge in [-0.3, -0.25) is 4.68 Å². The summed E-state index contributed by atoms with van der Waals surface area (Å²) in [5.74, 6) is 1.77.